The highest BCUT2D eigenvalue weighted by Gasteiger charge is 2.28. The average molecular weight is 509 g/mol. The first-order valence-electron chi connectivity index (χ1n) is 12.0. The molecule has 1 atom stereocenters. The van der Waals surface area contributed by atoms with Crippen molar-refractivity contribution in [1.82, 2.24) is 5.32 Å². The Morgan fingerprint density at radius 1 is 0.889 bits per heavy atom. The van der Waals surface area contributed by atoms with Gasteiger partial charge in [-0.3, -0.25) is 9.10 Å². The second-order valence-electron chi connectivity index (χ2n) is 9.26. The second-order valence-corrected chi connectivity index (χ2v) is 11.1. The molecule has 1 N–H and O–H groups in total. The zero-order chi connectivity index (χ0) is 25.9. The summed E-state index contributed by atoms with van der Waals surface area (Å²) in [6, 6.07) is 19.1. The number of benzene rings is 3. The van der Waals surface area contributed by atoms with Crippen LogP contribution in [0.15, 0.2) is 71.6 Å². The van der Waals surface area contributed by atoms with Gasteiger partial charge in [0, 0.05) is 0 Å². The largest absolute Gasteiger partial charge is 0.486 e. The highest BCUT2D eigenvalue weighted by molar-refractivity contribution is 7.92. The van der Waals surface area contributed by atoms with E-state index in [0.717, 1.165) is 21.0 Å². The maximum absolute atomic E-state index is 13.6. The molecule has 1 heterocycles. The van der Waals surface area contributed by atoms with E-state index in [1.165, 1.54) is 0 Å². The second kappa shape index (κ2) is 10.6. The van der Waals surface area contributed by atoms with Crippen molar-refractivity contribution in [3.63, 3.8) is 0 Å². The molecule has 0 saturated carbocycles. The van der Waals surface area contributed by atoms with Gasteiger partial charge in [-0.2, -0.15) is 0 Å². The normalized spacial score (nSPS) is 13.8. The Morgan fingerprint density at radius 3 is 2.14 bits per heavy atom. The first kappa shape index (κ1) is 25.6. The van der Waals surface area contributed by atoms with Crippen molar-refractivity contribution >= 4 is 21.6 Å². The molecule has 0 saturated heterocycles. The summed E-state index contributed by atoms with van der Waals surface area (Å²) in [4.78, 5) is 13.3. The zero-order valence-electron chi connectivity index (χ0n) is 21.0. The Labute approximate surface area is 213 Å². The smallest absolute Gasteiger partial charge is 0.264 e. The van der Waals surface area contributed by atoms with Crippen molar-refractivity contribution in [3.05, 3.63) is 83.4 Å². The maximum atomic E-state index is 13.6. The van der Waals surface area contributed by atoms with Gasteiger partial charge in [-0.05, 0) is 67.3 Å². The first-order valence-corrected chi connectivity index (χ1v) is 13.5. The van der Waals surface area contributed by atoms with Crippen LogP contribution < -0.4 is 19.1 Å². The molecule has 0 bridgehead atoms. The SMILES string of the molecule is Cc1ccc(S(=O)(=O)N(CC(=O)N[C@@H](C)c2ccc3c(c2)OCCO3)c2ccc(C(C)C)cc2)cc1. The molecule has 190 valence electrons. The third-order valence-electron chi connectivity index (χ3n) is 6.19. The van der Waals surface area contributed by atoms with Crippen molar-refractivity contribution in [2.75, 3.05) is 24.1 Å². The van der Waals surface area contributed by atoms with E-state index in [0.29, 0.717) is 36.3 Å². The van der Waals surface area contributed by atoms with Gasteiger partial charge in [-0.1, -0.05) is 49.7 Å². The molecule has 0 unspecified atom stereocenters. The van der Waals surface area contributed by atoms with Crippen LogP contribution >= 0.6 is 0 Å². The predicted molar refractivity (Wildman–Crippen MR) is 140 cm³/mol. The van der Waals surface area contributed by atoms with E-state index in [9.17, 15) is 13.2 Å². The number of anilines is 1. The Hall–Kier alpha value is -3.52. The molecule has 1 aliphatic heterocycles. The van der Waals surface area contributed by atoms with Gasteiger partial charge < -0.3 is 14.8 Å². The molecule has 0 radical (unpaired) electrons. The van der Waals surface area contributed by atoms with Crippen LogP contribution in [0.5, 0.6) is 11.5 Å². The highest BCUT2D eigenvalue weighted by atomic mass is 32.2. The molecular weight excluding hydrogens is 476 g/mol. The number of nitrogens with one attached hydrogen (secondary N) is 1. The maximum Gasteiger partial charge on any atom is 0.264 e. The van der Waals surface area contributed by atoms with E-state index in [1.54, 1.807) is 36.4 Å². The Bertz CT molecular complexity index is 1320. The molecule has 4 rings (SSSR count). The molecule has 36 heavy (non-hydrogen) atoms. The molecule has 0 aliphatic carbocycles. The van der Waals surface area contributed by atoms with Crippen molar-refractivity contribution in [1.29, 1.82) is 0 Å². The molecule has 0 spiro atoms. The Morgan fingerprint density at radius 2 is 1.50 bits per heavy atom. The molecule has 3 aromatic rings. The highest BCUT2D eigenvalue weighted by Crippen LogP contribution is 2.33. The lowest BCUT2D eigenvalue weighted by Crippen LogP contribution is -2.41. The van der Waals surface area contributed by atoms with Crippen molar-refractivity contribution in [3.8, 4) is 11.5 Å². The van der Waals surface area contributed by atoms with Crippen LogP contribution in [-0.4, -0.2) is 34.1 Å². The number of rotatable bonds is 8. The summed E-state index contributed by atoms with van der Waals surface area (Å²) in [7, 11) is -3.98. The van der Waals surface area contributed by atoms with Crippen LogP contribution in [0.25, 0.3) is 0 Å². The number of carbonyl (C=O) groups is 1. The predicted octanol–water partition coefficient (Wildman–Crippen LogP) is 4.96. The molecule has 0 fully saturated rings. The van der Waals surface area contributed by atoms with Gasteiger partial charge in [0.05, 0.1) is 16.6 Å². The summed E-state index contributed by atoms with van der Waals surface area (Å²) in [6.45, 7) is 8.50. The average Bonchev–Trinajstić information content (AvgIpc) is 2.87. The topological polar surface area (TPSA) is 84.9 Å². The third-order valence-corrected chi connectivity index (χ3v) is 7.98. The summed E-state index contributed by atoms with van der Waals surface area (Å²) in [5.41, 5.74) is 3.31. The van der Waals surface area contributed by atoms with Gasteiger partial charge in [-0.25, -0.2) is 8.42 Å². The summed E-state index contributed by atoms with van der Waals surface area (Å²) >= 11 is 0. The number of ether oxygens (including phenoxy) is 2. The first-order chi connectivity index (χ1) is 17.1. The van der Waals surface area contributed by atoms with E-state index in [-0.39, 0.29) is 17.5 Å². The van der Waals surface area contributed by atoms with Crippen molar-refractivity contribution in [2.45, 2.75) is 44.6 Å². The molecule has 1 amide bonds. The van der Waals surface area contributed by atoms with Gasteiger partial charge >= 0.3 is 0 Å². The van der Waals surface area contributed by atoms with E-state index in [1.807, 2.05) is 44.2 Å². The minimum atomic E-state index is -3.98. The third kappa shape index (κ3) is 5.65. The van der Waals surface area contributed by atoms with Gasteiger partial charge in [0.2, 0.25) is 5.91 Å². The molecule has 7 nitrogen and oxygen atoms in total. The quantitative estimate of drug-likeness (QED) is 0.465. The number of aryl methyl sites for hydroxylation is 1. The molecule has 8 heteroatoms. The van der Waals surface area contributed by atoms with Gasteiger partial charge in [0.1, 0.15) is 19.8 Å². The van der Waals surface area contributed by atoms with Gasteiger partial charge in [-0.15, -0.1) is 0 Å². The van der Waals surface area contributed by atoms with E-state index in [4.69, 9.17) is 9.47 Å². The lowest BCUT2D eigenvalue weighted by molar-refractivity contribution is -0.120. The monoisotopic (exact) mass is 508 g/mol. The van der Waals surface area contributed by atoms with E-state index < -0.39 is 15.9 Å². The minimum absolute atomic E-state index is 0.133. The zero-order valence-corrected chi connectivity index (χ0v) is 21.8. The summed E-state index contributed by atoms with van der Waals surface area (Å²) in [5.74, 6) is 1.19. The lowest BCUT2D eigenvalue weighted by atomic mass is 10.0. The Kier molecular flexibility index (Phi) is 7.54. The van der Waals surface area contributed by atoms with E-state index >= 15 is 0 Å². The summed E-state index contributed by atoms with van der Waals surface area (Å²) in [6.07, 6.45) is 0. The van der Waals surface area contributed by atoms with Crippen LogP contribution in [0.2, 0.25) is 0 Å². The minimum Gasteiger partial charge on any atom is -0.486 e. The van der Waals surface area contributed by atoms with Crippen LogP contribution in [0.1, 0.15) is 49.4 Å². The Balaban J connectivity index is 1.58. The molecule has 0 aromatic heterocycles. The van der Waals surface area contributed by atoms with Gasteiger partial charge in [0.25, 0.3) is 10.0 Å². The fourth-order valence-corrected chi connectivity index (χ4v) is 5.43. The fraction of sp³-hybridized carbons (Fsp3) is 0.321. The molecular formula is C28H32N2O5S. The lowest BCUT2D eigenvalue weighted by Gasteiger charge is -2.26. The number of sulfonamides is 1. The van der Waals surface area contributed by atoms with Crippen molar-refractivity contribution < 1.29 is 22.7 Å². The van der Waals surface area contributed by atoms with Gasteiger partial charge in [0.15, 0.2) is 11.5 Å². The molecule has 1 aliphatic rings. The van der Waals surface area contributed by atoms with E-state index in [2.05, 4.69) is 19.2 Å². The fourth-order valence-electron chi connectivity index (χ4n) is 4.01. The van der Waals surface area contributed by atoms with Crippen LogP contribution in [0, 0.1) is 6.92 Å². The number of nitrogens with zero attached hydrogens (tertiary/aromatic N) is 1. The number of fused-ring (bicyclic) bond motifs is 1. The molecule has 3 aromatic carbocycles. The van der Waals surface area contributed by atoms with Crippen LogP contribution in [-0.2, 0) is 14.8 Å². The van der Waals surface area contributed by atoms with Crippen LogP contribution in [0.3, 0.4) is 0 Å². The number of hydrogen-bond donors (Lipinski definition) is 1. The summed E-state index contributed by atoms with van der Waals surface area (Å²) < 4.78 is 39.6. The number of amides is 1. The van der Waals surface area contributed by atoms with Crippen molar-refractivity contribution in [2.24, 2.45) is 0 Å². The standard InChI is InChI=1S/C28H32N2O5S/c1-19(2)22-7-10-24(11-8-22)30(36(32,33)25-12-5-20(3)6-13-25)18-28(31)29-21(4)23-9-14-26-27(17-23)35-16-15-34-26/h5-14,17,19,21H,15-16,18H2,1-4H3,(H,29,31)/t21-/m0/s1. The number of carbonyl (C=O) groups excluding carboxylic acids is 1. The summed E-state index contributed by atoms with van der Waals surface area (Å²) in [5, 5.41) is 2.92. The van der Waals surface area contributed by atoms with Crippen LogP contribution in [0.4, 0.5) is 5.69 Å². The number of hydrogen-bond acceptors (Lipinski definition) is 5.